The quantitative estimate of drug-likeness (QED) is 0.734. The van der Waals surface area contributed by atoms with E-state index in [4.69, 9.17) is 10.3 Å². The molecule has 0 aliphatic rings. The molecule has 3 rings (SSSR count). The summed E-state index contributed by atoms with van der Waals surface area (Å²) in [6, 6.07) is 17.3. The maximum atomic E-state index is 5.64. The summed E-state index contributed by atoms with van der Waals surface area (Å²) in [5, 5.41) is 3.96. The monoisotopic (exact) mass is 263 g/mol. The van der Waals surface area contributed by atoms with Crippen LogP contribution < -0.4 is 5.73 Å². The molecule has 0 aliphatic carbocycles. The number of nitrogens with zero attached hydrogens (tertiary/aromatic N) is 2. The van der Waals surface area contributed by atoms with E-state index in [2.05, 4.69) is 10.1 Å². The van der Waals surface area contributed by atoms with Crippen molar-refractivity contribution in [3.05, 3.63) is 66.1 Å². The average molecular weight is 263 g/mol. The Hall–Kier alpha value is -2.88. The molecule has 0 saturated carbocycles. The molecule has 98 valence electrons. The lowest BCUT2D eigenvalue weighted by atomic mass is 10.2. The van der Waals surface area contributed by atoms with E-state index >= 15 is 0 Å². The van der Waals surface area contributed by atoms with E-state index in [1.165, 1.54) is 0 Å². The van der Waals surface area contributed by atoms with Gasteiger partial charge in [-0.15, -0.1) is 0 Å². The molecule has 0 radical (unpaired) electrons. The van der Waals surface area contributed by atoms with Gasteiger partial charge in [-0.05, 0) is 23.8 Å². The first-order valence-electron chi connectivity index (χ1n) is 6.24. The van der Waals surface area contributed by atoms with Gasteiger partial charge in [0.05, 0.1) is 0 Å². The summed E-state index contributed by atoms with van der Waals surface area (Å²) in [5.41, 5.74) is 8.34. The van der Waals surface area contributed by atoms with E-state index in [0.29, 0.717) is 11.7 Å². The Balaban J connectivity index is 1.79. The maximum absolute atomic E-state index is 5.64. The lowest BCUT2D eigenvalue weighted by molar-refractivity contribution is 0.411. The van der Waals surface area contributed by atoms with Crippen LogP contribution in [0.15, 0.2) is 59.1 Å². The van der Waals surface area contributed by atoms with Gasteiger partial charge in [0.25, 0.3) is 5.89 Å². The first-order valence-corrected chi connectivity index (χ1v) is 6.24. The topological polar surface area (TPSA) is 64.9 Å². The SMILES string of the molecule is Nc1ccc(/C=C/c2nc(-c3ccccc3)no2)cc1. The smallest absolute Gasteiger partial charge is 0.250 e. The molecule has 4 heteroatoms. The van der Waals surface area contributed by atoms with Crippen molar-refractivity contribution < 1.29 is 4.52 Å². The number of nitrogen functional groups attached to an aromatic ring is 1. The summed E-state index contributed by atoms with van der Waals surface area (Å²) in [6.45, 7) is 0. The molecule has 3 aromatic rings. The summed E-state index contributed by atoms with van der Waals surface area (Å²) in [7, 11) is 0. The van der Waals surface area contributed by atoms with E-state index in [-0.39, 0.29) is 0 Å². The highest BCUT2D eigenvalue weighted by molar-refractivity contribution is 5.67. The Morgan fingerprint density at radius 1 is 0.900 bits per heavy atom. The maximum Gasteiger partial charge on any atom is 0.250 e. The highest BCUT2D eigenvalue weighted by atomic mass is 16.5. The lowest BCUT2D eigenvalue weighted by Crippen LogP contribution is -1.82. The first-order chi connectivity index (χ1) is 9.81. The number of benzene rings is 2. The molecule has 0 saturated heterocycles. The van der Waals surface area contributed by atoms with Gasteiger partial charge in [-0.1, -0.05) is 47.6 Å². The normalized spacial score (nSPS) is 11.0. The van der Waals surface area contributed by atoms with E-state index < -0.39 is 0 Å². The van der Waals surface area contributed by atoms with E-state index in [1.54, 1.807) is 6.08 Å². The van der Waals surface area contributed by atoms with Gasteiger partial charge in [-0.3, -0.25) is 0 Å². The van der Waals surface area contributed by atoms with Crippen LogP contribution in [0.5, 0.6) is 0 Å². The minimum atomic E-state index is 0.473. The minimum Gasteiger partial charge on any atom is -0.399 e. The van der Waals surface area contributed by atoms with Crippen LogP contribution in [0.25, 0.3) is 23.5 Å². The van der Waals surface area contributed by atoms with Crippen LogP contribution in [0.4, 0.5) is 5.69 Å². The number of hydrogen-bond acceptors (Lipinski definition) is 4. The Kier molecular flexibility index (Phi) is 3.29. The third-order valence-electron chi connectivity index (χ3n) is 2.83. The number of hydrogen-bond donors (Lipinski definition) is 1. The summed E-state index contributed by atoms with van der Waals surface area (Å²) in [5.74, 6) is 1.06. The molecule has 2 N–H and O–H groups in total. The van der Waals surface area contributed by atoms with Gasteiger partial charge in [0.2, 0.25) is 5.82 Å². The van der Waals surface area contributed by atoms with Gasteiger partial charge >= 0.3 is 0 Å². The molecule has 1 aromatic heterocycles. The zero-order valence-corrected chi connectivity index (χ0v) is 10.7. The fourth-order valence-corrected chi connectivity index (χ4v) is 1.78. The van der Waals surface area contributed by atoms with E-state index in [1.807, 2.05) is 60.7 Å². The molecule has 0 atom stereocenters. The van der Waals surface area contributed by atoms with Gasteiger partial charge in [0, 0.05) is 17.3 Å². The Labute approximate surface area is 116 Å². The molecule has 0 unspecified atom stereocenters. The molecule has 4 nitrogen and oxygen atoms in total. The summed E-state index contributed by atoms with van der Waals surface area (Å²) >= 11 is 0. The minimum absolute atomic E-state index is 0.473. The van der Waals surface area contributed by atoms with Crippen LogP contribution in [-0.4, -0.2) is 10.1 Å². The van der Waals surface area contributed by atoms with Gasteiger partial charge in [-0.25, -0.2) is 0 Å². The van der Waals surface area contributed by atoms with Crippen LogP contribution in [0, 0.1) is 0 Å². The van der Waals surface area contributed by atoms with Gasteiger partial charge < -0.3 is 10.3 Å². The second-order valence-corrected chi connectivity index (χ2v) is 4.32. The van der Waals surface area contributed by atoms with Crippen LogP contribution in [-0.2, 0) is 0 Å². The van der Waals surface area contributed by atoms with Crippen LogP contribution in [0.3, 0.4) is 0 Å². The summed E-state index contributed by atoms with van der Waals surface area (Å²) in [6.07, 6.45) is 3.69. The Morgan fingerprint density at radius 3 is 2.40 bits per heavy atom. The van der Waals surface area contributed by atoms with Gasteiger partial charge in [-0.2, -0.15) is 4.98 Å². The van der Waals surface area contributed by atoms with Gasteiger partial charge in [0.15, 0.2) is 0 Å². The second-order valence-electron chi connectivity index (χ2n) is 4.32. The summed E-state index contributed by atoms with van der Waals surface area (Å²) in [4.78, 5) is 4.32. The van der Waals surface area contributed by atoms with Crippen molar-refractivity contribution in [1.82, 2.24) is 10.1 Å². The fourth-order valence-electron chi connectivity index (χ4n) is 1.78. The van der Waals surface area contributed by atoms with Crippen molar-refractivity contribution in [1.29, 1.82) is 0 Å². The van der Waals surface area contributed by atoms with Crippen LogP contribution in [0.1, 0.15) is 11.5 Å². The third-order valence-corrected chi connectivity index (χ3v) is 2.83. The van der Waals surface area contributed by atoms with Crippen molar-refractivity contribution in [2.24, 2.45) is 0 Å². The van der Waals surface area contributed by atoms with Gasteiger partial charge in [0.1, 0.15) is 0 Å². The first kappa shape index (κ1) is 12.2. The molecular weight excluding hydrogens is 250 g/mol. The van der Waals surface area contributed by atoms with Crippen molar-refractivity contribution in [2.75, 3.05) is 5.73 Å². The highest BCUT2D eigenvalue weighted by Gasteiger charge is 2.05. The van der Waals surface area contributed by atoms with Crippen LogP contribution >= 0.6 is 0 Å². The molecule has 0 aliphatic heterocycles. The number of rotatable bonds is 3. The zero-order chi connectivity index (χ0) is 13.8. The van der Waals surface area contributed by atoms with Crippen molar-refractivity contribution in [3.8, 4) is 11.4 Å². The predicted octanol–water partition coefficient (Wildman–Crippen LogP) is 3.49. The third kappa shape index (κ3) is 2.75. The average Bonchev–Trinajstić information content (AvgIpc) is 2.97. The molecule has 2 aromatic carbocycles. The zero-order valence-electron chi connectivity index (χ0n) is 10.7. The number of aromatic nitrogens is 2. The molecule has 0 amide bonds. The van der Waals surface area contributed by atoms with Crippen molar-refractivity contribution >= 4 is 17.8 Å². The molecule has 20 heavy (non-hydrogen) atoms. The Morgan fingerprint density at radius 2 is 1.65 bits per heavy atom. The summed E-state index contributed by atoms with van der Waals surface area (Å²) < 4.78 is 5.19. The van der Waals surface area contributed by atoms with E-state index in [0.717, 1.165) is 16.8 Å². The van der Waals surface area contributed by atoms with Crippen molar-refractivity contribution in [2.45, 2.75) is 0 Å². The molecule has 0 spiro atoms. The standard InChI is InChI=1S/C16H13N3O/c17-14-9-6-12(7-10-14)8-11-15-18-16(19-20-15)13-4-2-1-3-5-13/h1-11H,17H2/b11-8+. The highest BCUT2D eigenvalue weighted by Crippen LogP contribution is 2.16. The Bertz CT molecular complexity index is 715. The predicted molar refractivity (Wildman–Crippen MR) is 79.5 cm³/mol. The second kappa shape index (κ2) is 5.40. The van der Waals surface area contributed by atoms with Crippen molar-refractivity contribution in [3.63, 3.8) is 0 Å². The molecule has 1 heterocycles. The fraction of sp³-hybridized carbons (Fsp3) is 0. The molecule has 0 bridgehead atoms. The number of nitrogens with two attached hydrogens (primary N) is 1. The lowest BCUT2D eigenvalue weighted by Gasteiger charge is -1.93. The van der Waals surface area contributed by atoms with E-state index in [9.17, 15) is 0 Å². The van der Waals surface area contributed by atoms with Crippen LogP contribution in [0.2, 0.25) is 0 Å². The molecular formula is C16H13N3O. The number of anilines is 1. The molecule has 0 fully saturated rings. The largest absolute Gasteiger partial charge is 0.399 e.